The minimum Gasteiger partial charge on any atom is -0.365 e. The van der Waals surface area contributed by atoms with Crippen molar-refractivity contribution in [3.63, 3.8) is 0 Å². The molecule has 2 bridgehead atoms. The zero-order valence-corrected chi connectivity index (χ0v) is 9.26. The molecule has 3 rings (SSSR count). The molecular formula is C10H11ClN2S. The first-order valence-corrected chi connectivity index (χ1v) is 6.25. The first kappa shape index (κ1) is 8.86. The maximum atomic E-state index is 6.13. The molecule has 14 heavy (non-hydrogen) atoms. The van der Waals surface area contributed by atoms with Crippen LogP contribution in [-0.4, -0.2) is 28.6 Å². The molecule has 1 aromatic heterocycles. The third-order valence-corrected chi connectivity index (χ3v) is 4.64. The van der Waals surface area contributed by atoms with Crippen LogP contribution in [0.25, 0.3) is 0 Å². The first-order valence-electron chi connectivity index (χ1n) is 4.82. The lowest BCUT2D eigenvalue weighted by Crippen LogP contribution is -2.33. The number of thioether (sulfide) groups is 1. The summed E-state index contributed by atoms with van der Waals surface area (Å²) in [5.41, 5.74) is 1.16. The third kappa shape index (κ3) is 1.30. The van der Waals surface area contributed by atoms with Gasteiger partial charge in [0.05, 0.1) is 10.7 Å². The number of hydrogen-bond acceptors (Lipinski definition) is 3. The van der Waals surface area contributed by atoms with Crippen LogP contribution in [-0.2, 0) is 0 Å². The van der Waals surface area contributed by atoms with Crippen LogP contribution in [0.1, 0.15) is 6.42 Å². The summed E-state index contributed by atoms with van der Waals surface area (Å²) < 4.78 is 0. The molecule has 0 amide bonds. The van der Waals surface area contributed by atoms with Gasteiger partial charge in [0.15, 0.2) is 0 Å². The van der Waals surface area contributed by atoms with Crippen molar-refractivity contribution in [3.8, 4) is 0 Å². The largest absolute Gasteiger partial charge is 0.365 e. The Bertz CT molecular complexity index is 358. The van der Waals surface area contributed by atoms with E-state index in [9.17, 15) is 0 Å². The van der Waals surface area contributed by atoms with Gasteiger partial charge in [-0.3, -0.25) is 4.98 Å². The Morgan fingerprint density at radius 3 is 3.14 bits per heavy atom. The molecule has 0 aromatic carbocycles. The van der Waals surface area contributed by atoms with Crippen LogP contribution in [0, 0.1) is 0 Å². The average molecular weight is 227 g/mol. The maximum absolute atomic E-state index is 6.13. The number of halogens is 1. The topological polar surface area (TPSA) is 16.1 Å². The monoisotopic (exact) mass is 226 g/mol. The van der Waals surface area contributed by atoms with Gasteiger partial charge in [-0.25, -0.2) is 0 Å². The van der Waals surface area contributed by atoms with Gasteiger partial charge in [-0.15, -0.1) is 0 Å². The zero-order chi connectivity index (χ0) is 9.54. The van der Waals surface area contributed by atoms with Crippen LogP contribution in [0.5, 0.6) is 0 Å². The van der Waals surface area contributed by atoms with Crippen molar-refractivity contribution in [1.82, 2.24) is 4.98 Å². The van der Waals surface area contributed by atoms with Crippen molar-refractivity contribution < 1.29 is 0 Å². The fourth-order valence-corrected chi connectivity index (χ4v) is 3.96. The van der Waals surface area contributed by atoms with E-state index in [2.05, 4.69) is 21.6 Å². The molecule has 2 aliphatic heterocycles. The van der Waals surface area contributed by atoms with Crippen LogP contribution in [0.2, 0.25) is 5.02 Å². The lowest BCUT2D eigenvalue weighted by atomic mass is 10.2. The summed E-state index contributed by atoms with van der Waals surface area (Å²) in [5, 5.41) is 1.61. The molecule has 2 fully saturated rings. The molecule has 0 N–H and O–H groups in total. The Morgan fingerprint density at radius 1 is 1.57 bits per heavy atom. The number of fused-ring (bicyclic) bond motifs is 2. The summed E-state index contributed by atoms with van der Waals surface area (Å²) in [6.07, 6.45) is 4.87. The molecule has 2 atom stereocenters. The van der Waals surface area contributed by atoms with Gasteiger partial charge in [0.1, 0.15) is 0 Å². The molecular weight excluding hydrogens is 216 g/mol. The van der Waals surface area contributed by atoms with Gasteiger partial charge in [-0.05, 0) is 12.5 Å². The Labute approximate surface area is 92.7 Å². The summed E-state index contributed by atoms with van der Waals surface area (Å²) in [4.78, 5) is 6.45. The second kappa shape index (κ2) is 3.31. The molecule has 0 aliphatic carbocycles. The van der Waals surface area contributed by atoms with Gasteiger partial charge in [0.2, 0.25) is 0 Å². The maximum Gasteiger partial charge on any atom is 0.0822 e. The van der Waals surface area contributed by atoms with Crippen molar-refractivity contribution in [3.05, 3.63) is 23.5 Å². The van der Waals surface area contributed by atoms with Crippen molar-refractivity contribution in [1.29, 1.82) is 0 Å². The van der Waals surface area contributed by atoms with Gasteiger partial charge in [-0.1, -0.05) is 11.6 Å². The van der Waals surface area contributed by atoms with E-state index in [0.717, 1.165) is 22.5 Å². The smallest absolute Gasteiger partial charge is 0.0822 e. The third-order valence-electron chi connectivity index (χ3n) is 2.96. The SMILES string of the molecule is Clc1cnccc1N1CC2CC1CS2. The normalized spacial score (nSPS) is 29.9. The van der Waals surface area contributed by atoms with Gasteiger partial charge in [0, 0.05) is 36.0 Å². The zero-order valence-electron chi connectivity index (χ0n) is 7.69. The molecule has 2 unspecified atom stereocenters. The predicted molar refractivity (Wildman–Crippen MR) is 61.2 cm³/mol. The van der Waals surface area contributed by atoms with Gasteiger partial charge in [-0.2, -0.15) is 11.8 Å². The van der Waals surface area contributed by atoms with E-state index in [-0.39, 0.29) is 0 Å². The van der Waals surface area contributed by atoms with E-state index in [0.29, 0.717) is 6.04 Å². The lowest BCUT2D eigenvalue weighted by Gasteiger charge is -2.29. The quantitative estimate of drug-likeness (QED) is 0.732. The van der Waals surface area contributed by atoms with Crippen LogP contribution in [0.3, 0.4) is 0 Å². The van der Waals surface area contributed by atoms with E-state index in [1.165, 1.54) is 12.2 Å². The van der Waals surface area contributed by atoms with Gasteiger partial charge >= 0.3 is 0 Å². The van der Waals surface area contributed by atoms with E-state index in [4.69, 9.17) is 11.6 Å². The van der Waals surface area contributed by atoms with Crippen molar-refractivity contribution in [2.75, 3.05) is 17.2 Å². The summed E-state index contributed by atoms with van der Waals surface area (Å²) in [7, 11) is 0. The van der Waals surface area contributed by atoms with Crippen LogP contribution in [0.15, 0.2) is 18.5 Å². The van der Waals surface area contributed by atoms with E-state index < -0.39 is 0 Å². The average Bonchev–Trinajstić information content (AvgIpc) is 2.79. The first-order chi connectivity index (χ1) is 6.84. The Hall–Kier alpha value is -0.410. The highest BCUT2D eigenvalue weighted by Gasteiger charge is 2.39. The Morgan fingerprint density at radius 2 is 2.50 bits per heavy atom. The minimum absolute atomic E-state index is 0.699. The number of nitrogens with zero attached hydrogens (tertiary/aromatic N) is 2. The highest BCUT2D eigenvalue weighted by molar-refractivity contribution is 8.00. The van der Waals surface area contributed by atoms with Crippen molar-refractivity contribution >= 4 is 29.1 Å². The fourth-order valence-electron chi connectivity index (χ4n) is 2.30. The lowest BCUT2D eigenvalue weighted by molar-refractivity contribution is 0.762. The molecule has 0 radical (unpaired) electrons. The highest BCUT2D eigenvalue weighted by Crippen LogP contribution is 2.41. The van der Waals surface area contributed by atoms with Crippen LogP contribution < -0.4 is 4.90 Å². The summed E-state index contributed by atoms with van der Waals surface area (Å²) >= 11 is 8.23. The second-order valence-electron chi connectivity index (χ2n) is 3.82. The molecule has 0 saturated carbocycles. The molecule has 2 aliphatic rings. The molecule has 2 nitrogen and oxygen atoms in total. The Kier molecular flexibility index (Phi) is 2.10. The predicted octanol–water partition coefficient (Wildman–Crippen LogP) is 2.43. The summed E-state index contributed by atoms with van der Waals surface area (Å²) in [6, 6.07) is 2.72. The van der Waals surface area contributed by atoms with Crippen molar-refractivity contribution in [2.24, 2.45) is 0 Å². The molecule has 74 valence electrons. The highest BCUT2D eigenvalue weighted by atomic mass is 35.5. The van der Waals surface area contributed by atoms with Gasteiger partial charge in [0.25, 0.3) is 0 Å². The summed E-state index contributed by atoms with van der Waals surface area (Å²) in [5.74, 6) is 1.25. The van der Waals surface area contributed by atoms with Crippen molar-refractivity contribution in [2.45, 2.75) is 17.7 Å². The number of aromatic nitrogens is 1. The number of rotatable bonds is 1. The molecule has 2 saturated heterocycles. The van der Waals surface area contributed by atoms with Crippen LogP contribution >= 0.6 is 23.4 Å². The molecule has 1 aromatic rings. The second-order valence-corrected chi connectivity index (χ2v) is 5.56. The molecule has 3 heterocycles. The van der Waals surface area contributed by atoms with E-state index in [1.807, 2.05) is 12.3 Å². The van der Waals surface area contributed by atoms with Gasteiger partial charge < -0.3 is 4.90 Å². The van der Waals surface area contributed by atoms with E-state index >= 15 is 0 Å². The fraction of sp³-hybridized carbons (Fsp3) is 0.500. The molecule has 0 spiro atoms. The Balaban J connectivity index is 1.93. The number of pyridine rings is 1. The number of hydrogen-bond donors (Lipinski definition) is 0. The van der Waals surface area contributed by atoms with Crippen LogP contribution in [0.4, 0.5) is 5.69 Å². The summed E-state index contributed by atoms with van der Waals surface area (Å²) in [6.45, 7) is 1.15. The minimum atomic E-state index is 0.699. The van der Waals surface area contributed by atoms with E-state index in [1.54, 1.807) is 6.20 Å². The molecule has 4 heteroatoms. The standard InChI is InChI=1S/C10H11ClN2S/c11-9-4-12-2-1-10(9)13-5-8-3-7(13)6-14-8/h1-2,4,7-8H,3,5-6H2. The number of anilines is 1.